The summed E-state index contributed by atoms with van der Waals surface area (Å²) in [5, 5.41) is 2.01. The van der Waals surface area contributed by atoms with Crippen molar-refractivity contribution in [3.8, 4) is 0 Å². The zero-order valence-electron chi connectivity index (χ0n) is 8.49. The summed E-state index contributed by atoms with van der Waals surface area (Å²) in [4.78, 5) is 1.26. The summed E-state index contributed by atoms with van der Waals surface area (Å²) < 4.78 is 0. The van der Waals surface area contributed by atoms with E-state index >= 15 is 0 Å². The maximum atomic E-state index is 3.85. The van der Waals surface area contributed by atoms with Crippen LogP contribution in [-0.2, 0) is 0 Å². The minimum absolute atomic E-state index is 0.876. The topological polar surface area (TPSA) is 0 Å². The second-order valence-corrected chi connectivity index (χ2v) is 6.59. The van der Waals surface area contributed by atoms with Gasteiger partial charge in [-0.2, -0.15) is 0 Å². The maximum Gasteiger partial charge on any atom is -0.00695 e. The summed E-state index contributed by atoms with van der Waals surface area (Å²) in [6, 6.07) is 0. The summed E-state index contributed by atoms with van der Waals surface area (Å²) in [6.45, 7) is 11.2. The lowest BCUT2D eigenvalue weighted by molar-refractivity contribution is 1.82. The van der Waals surface area contributed by atoms with Gasteiger partial charge < -0.3 is 0 Å². The highest BCUT2D eigenvalue weighted by Crippen LogP contribution is 2.50. The van der Waals surface area contributed by atoms with Gasteiger partial charge in [-0.3, -0.25) is 0 Å². The fourth-order valence-electron chi connectivity index (χ4n) is 0.782. The molecule has 0 radical (unpaired) electrons. The Morgan fingerprint density at radius 2 is 1.69 bits per heavy atom. The van der Waals surface area contributed by atoms with E-state index < -0.39 is 10.0 Å². The van der Waals surface area contributed by atoms with Crippen LogP contribution in [0.4, 0.5) is 0 Å². The van der Waals surface area contributed by atoms with Crippen molar-refractivity contribution >= 4 is 10.0 Å². The number of allylic oxidation sites excluding steroid dienone is 5. The predicted molar refractivity (Wildman–Crippen MR) is 67.3 cm³/mol. The fourth-order valence-corrected chi connectivity index (χ4v) is 1.85. The molecule has 0 aromatic carbocycles. The largest absolute Gasteiger partial charge is 0.201 e. The summed E-state index contributed by atoms with van der Waals surface area (Å²) in [6.07, 6.45) is 14.0. The molecule has 0 aliphatic carbocycles. The molecule has 0 bridgehead atoms. The van der Waals surface area contributed by atoms with E-state index in [2.05, 4.69) is 38.3 Å². The molecule has 72 valence electrons. The van der Waals surface area contributed by atoms with Gasteiger partial charge in [0.15, 0.2) is 0 Å². The van der Waals surface area contributed by atoms with E-state index in [9.17, 15) is 0 Å². The fraction of sp³-hybridized carbons (Fsp3) is 0.167. The van der Waals surface area contributed by atoms with Crippen LogP contribution in [0.2, 0.25) is 0 Å². The van der Waals surface area contributed by atoms with Crippen molar-refractivity contribution in [1.29, 1.82) is 0 Å². The van der Waals surface area contributed by atoms with E-state index in [1.54, 1.807) is 12.2 Å². The quantitative estimate of drug-likeness (QED) is 0.580. The van der Waals surface area contributed by atoms with Crippen LogP contribution in [0, 0.1) is 0 Å². The van der Waals surface area contributed by atoms with Crippen LogP contribution in [0.3, 0.4) is 0 Å². The van der Waals surface area contributed by atoms with Crippen LogP contribution in [-0.4, -0.2) is 12.5 Å². The molecule has 0 rings (SSSR count). The lowest BCUT2D eigenvalue weighted by Crippen LogP contribution is -1.92. The second kappa shape index (κ2) is 5.65. The average molecular weight is 194 g/mol. The molecular weight excluding hydrogens is 176 g/mol. The van der Waals surface area contributed by atoms with Crippen molar-refractivity contribution in [3.05, 3.63) is 60.4 Å². The highest BCUT2D eigenvalue weighted by atomic mass is 32.3. The third kappa shape index (κ3) is 4.00. The Labute approximate surface area is 83.4 Å². The summed E-state index contributed by atoms with van der Waals surface area (Å²) >= 11 is 0. The van der Waals surface area contributed by atoms with Gasteiger partial charge in [0.1, 0.15) is 0 Å². The van der Waals surface area contributed by atoms with Gasteiger partial charge in [0.2, 0.25) is 0 Å². The van der Waals surface area contributed by atoms with Crippen molar-refractivity contribution < 1.29 is 0 Å². The van der Waals surface area contributed by atoms with Crippen LogP contribution < -0.4 is 0 Å². The maximum absolute atomic E-state index is 3.85. The molecule has 0 atom stereocenters. The van der Waals surface area contributed by atoms with Crippen LogP contribution in [0.5, 0.6) is 0 Å². The lowest BCUT2D eigenvalue weighted by atomic mass is 10.4. The van der Waals surface area contributed by atoms with Crippen molar-refractivity contribution in [3.63, 3.8) is 0 Å². The molecule has 0 heterocycles. The van der Waals surface area contributed by atoms with Gasteiger partial charge in [0, 0.05) is 0 Å². The summed E-state index contributed by atoms with van der Waals surface area (Å²) in [5.41, 5.74) is 0. The molecule has 0 amide bonds. The molecule has 0 fully saturated rings. The van der Waals surface area contributed by atoms with Gasteiger partial charge >= 0.3 is 0 Å². The molecule has 0 N–H and O–H groups in total. The molecule has 0 aliphatic heterocycles. The average Bonchev–Trinajstić information content (AvgIpc) is 2.12. The molecule has 1 heteroatoms. The first-order chi connectivity index (χ1) is 6.08. The number of rotatable bonds is 5. The molecule has 0 aromatic heterocycles. The number of hydrogen-bond acceptors (Lipinski definition) is 0. The van der Waals surface area contributed by atoms with Crippen molar-refractivity contribution in [2.75, 3.05) is 12.5 Å². The minimum Gasteiger partial charge on any atom is -0.201 e. The third-order valence-corrected chi connectivity index (χ3v) is 4.02. The monoisotopic (exact) mass is 194 g/mol. The Morgan fingerprint density at radius 3 is 2.08 bits per heavy atom. The van der Waals surface area contributed by atoms with Crippen LogP contribution in [0.15, 0.2) is 60.4 Å². The minimum atomic E-state index is -0.876. The molecule has 0 saturated heterocycles. The van der Waals surface area contributed by atoms with Crippen LogP contribution in [0.1, 0.15) is 0 Å². The Hall–Kier alpha value is -0.950. The molecule has 0 aromatic rings. The molecular formula is C12H18S. The lowest BCUT2D eigenvalue weighted by Gasteiger charge is -2.27. The first-order valence-corrected chi connectivity index (χ1v) is 6.57. The van der Waals surface area contributed by atoms with E-state index in [0.29, 0.717) is 0 Å². The Balaban J connectivity index is 4.91. The normalized spacial score (nSPS) is 14.2. The van der Waals surface area contributed by atoms with E-state index in [0.717, 1.165) is 0 Å². The molecule has 13 heavy (non-hydrogen) atoms. The van der Waals surface area contributed by atoms with Gasteiger partial charge in [0.25, 0.3) is 0 Å². The Kier molecular flexibility index (Phi) is 5.24. The third-order valence-electron chi connectivity index (χ3n) is 1.70. The molecule has 0 saturated carbocycles. The van der Waals surface area contributed by atoms with Crippen molar-refractivity contribution in [2.45, 2.75) is 0 Å². The highest BCUT2D eigenvalue weighted by molar-refractivity contribution is 8.38. The molecule has 0 spiro atoms. The molecule has 0 nitrogen and oxygen atoms in total. The van der Waals surface area contributed by atoms with Gasteiger partial charge in [-0.05, 0) is 23.5 Å². The highest BCUT2D eigenvalue weighted by Gasteiger charge is 2.09. The summed E-state index contributed by atoms with van der Waals surface area (Å²) in [5.74, 6) is 0. The molecule has 0 aliphatic rings. The van der Waals surface area contributed by atoms with Gasteiger partial charge in [0.05, 0.1) is 0 Å². The van der Waals surface area contributed by atoms with Crippen molar-refractivity contribution in [1.82, 2.24) is 0 Å². The van der Waals surface area contributed by atoms with Gasteiger partial charge in [-0.15, -0.1) is 0 Å². The van der Waals surface area contributed by atoms with E-state index in [1.165, 1.54) is 4.91 Å². The van der Waals surface area contributed by atoms with Crippen LogP contribution >= 0.6 is 10.0 Å². The van der Waals surface area contributed by atoms with Gasteiger partial charge in [-0.25, -0.2) is 10.0 Å². The first-order valence-electron chi connectivity index (χ1n) is 4.06. The zero-order chi connectivity index (χ0) is 10.3. The van der Waals surface area contributed by atoms with E-state index in [1.807, 2.05) is 17.6 Å². The Bertz CT molecular complexity index is 254. The van der Waals surface area contributed by atoms with E-state index in [-0.39, 0.29) is 0 Å². The zero-order valence-corrected chi connectivity index (χ0v) is 9.31. The van der Waals surface area contributed by atoms with Crippen molar-refractivity contribution in [2.24, 2.45) is 0 Å². The SMILES string of the molecule is C=C/C=C\C(=C/C=C)S(C)(C)C=C. The molecule has 0 unspecified atom stereocenters. The second-order valence-electron chi connectivity index (χ2n) is 2.97. The summed E-state index contributed by atoms with van der Waals surface area (Å²) in [7, 11) is -0.876. The Morgan fingerprint density at radius 1 is 1.08 bits per heavy atom. The smallest absolute Gasteiger partial charge is 0.00695 e. The van der Waals surface area contributed by atoms with Crippen LogP contribution in [0.25, 0.3) is 0 Å². The number of hydrogen-bond donors (Lipinski definition) is 0. The standard InChI is InChI=1S/C12H18S/c1-6-9-11-12(10-7-2)13(4,5)8-3/h6-11H,1-3H2,4-5H3/b11-9-,12-10+. The predicted octanol–water partition coefficient (Wildman–Crippen LogP) is 4.01. The first kappa shape index (κ1) is 12.0. The van der Waals surface area contributed by atoms with E-state index in [4.69, 9.17) is 0 Å². The van der Waals surface area contributed by atoms with Gasteiger partial charge in [-0.1, -0.05) is 49.4 Å².